The van der Waals surface area contributed by atoms with Crippen LogP contribution in [0.2, 0.25) is 5.02 Å². The fraction of sp³-hybridized carbons (Fsp3) is 0. The summed E-state index contributed by atoms with van der Waals surface area (Å²) in [4.78, 5) is 13.5. The molecule has 4 nitrogen and oxygen atoms in total. The van der Waals surface area contributed by atoms with Gasteiger partial charge in [-0.3, -0.25) is 10.1 Å². The van der Waals surface area contributed by atoms with Gasteiger partial charge in [-0.05, 0) is 12.1 Å². The minimum absolute atomic E-state index is 0.0818. The average Bonchev–Trinajstić information content (AvgIpc) is 2.68. The fourth-order valence-electron chi connectivity index (χ4n) is 1.99. The summed E-state index contributed by atoms with van der Waals surface area (Å²) in [6.07, 6.45) is 0. The highest BCUT2D eigenvalue weighted by Crippen LogP contribution is 2.31. The molecule has 84 valence electrons. The van der Waals surface area contributed by atoms with Gasteiger partial charge in [0.1, 0.15) is 0 Å². The van der Waals surface area contributed by atoms with Crippen LogP contribution in [0.25, 0.3) is 21.8 Å². The Bertz CT molecular complexity index is 749. The number of rotatable bonds is 1. The fourth-order valence-corrected chi connectivity index (χ4v) is 2.21. The van der Waals surface area contributed by atoms with Gasteiger partial charge in [0.2, 0.25) is 0 Å². The maximum absolute atomic E-state index is 10.7. The van der Waals surface area contributed by atoms with Gasteiger partial charge in [-0.1, -0.05) is 23.7 Å². The van der Waals surface area contributed by atoms with Gasteiger partial charge in [-0.2, -0.15) is 0 Å². The molecule has 0 aliphatic rings. The summed E-state index contributed by atoms with van der Waals surface area (Å²) >= 11 is 6.07. The third-order valence-corrected chi connectivity index (χ3v) is 3.09. The van der Waals surface area contributed by atoms with Gasteiger partial charge >= 0.3 is 0 Å². The Labute approximate surface area is 101 Å². The second-order valence-corrected chi connectivity index (χ2v) is 4.18. The summed E-state index contributed by atoms with van der Waals surface area (Å²) in [6, 6.07) is 10.2. The van der Waals surface area contributed by atoms with Gasteiger partial charge < -0.3 is 4.98 Å². The van der Waals surface area contributed by atoms with Crippen molar-refractivity contribution in [3.63, 3.8) is 0 Å². The van der Waals surface area contributed by atoms with Crippen LogP contribution in [0.4, 0.5) is 5.69 Å². The van der Waals surface area contributed by atoms with Crippen molar-refractivity contribution in [2.45, 2.75) is 0 Å². The molecule has 2 aromatic carbocycles. The van der Waals surface area contributed by atoms with Crippen LogP contribution in [0.3, 0.4) is 0 Å². The van der Waals surface area contributed by atoms with E-state index in [2.05, 4.69) is 4.98 Å². The molecule has 17 heavy (non-hydrogen) atoms. The summed E-state index contributed by atoms with van der Waals surface area (Å²) in [5.41, 5.74) is 1.74. The molecular formula is C12H7ClN2O2. The first-order chi connectivity index (χ1) is 8.16. The lowest BCUT2D eigenvalue weighted by molar-refractivity contribution is -0.384. The van der Waals surface area contributed by atoms with Gasteiger partial charge in [0.25, 0.3) is 5.69 Å². The summed E-state index contributed by atoms with van der Waals surface area (Å²) < 4.78 is 0. The molecule has 0 amide bonds. The van der Waals surface area contributed by atoms with E-state index in [9.17, 15) is 10.1 Å². The number of hydrogen-bond donors (Lipinski definition) is 1. The summed E-state index contributed by atoms with van der Waals surface area (Å²) in [6.45, 7) is 0. The quantitative estimate of drug-likeness (QED) is 0.523. The Morgan fingerprint density at radius 2 is 2.00 bits per heavy atom. The number of fused-ring (bicyclic) bond motifs is 3. The third kappa shape index (κ3) is 1.45. The predicted molar refractivity (Wildman–Crippen MR) is 67.5 cm³/mol. The van der Waals surface area contributed by atoms with E-state index in [1.165, 1.54) is 6.07 Å². The largest absolute Gasteiger partial charge is 0.353 e. The number of benzene rings is 2. The van der Waals surface area contributed by atoms with Crippen molar-refractivity contribution in [1.29, 1.82) is 0 Å². The first-order valence-corrected chi connectivity index (χ1v) is 5.39. The molecule has 3 aromatic rings. The van der Waals surface area contributed by atoms with Crippen LogP contribution in [-0.2, 0) is 0 Å². The van der Waals surface area contributed by atoms with Crippen molar-refractivity contribution in [1.82, 2.24) is 4.98 Å². The van der Waals surface area contributed by atoms with Crippen molar-refractivity contribution in [3.05, 3.63) is 51.5 Å². The number of nitro groups is 1. The molecule has 0 unspecified atom stereocenters. The maximum atomic E-state index is 10.7. The highest BCUT2D eigenvalue weighted by Gasteiger charge is 2.11. The summed E-state index contributed by atoms with van der Waals surface area (Å²) in [5, 5.41) is 13.1. The number of aromatic amines is 1. The molecule has 1 heterocycles. The molecule has 0 aliphatic carbocycles. The Balaban J connectivity index is 2.46. The molecule has 0 saturated heterocycles. The molecule has 0 aliphatic heterocycles. The molecule has 1 aromatic heterocycles. The van der Waals surface area contributed by atoms with E-state index in [0.29, 0.717) is 5.02 Å². The summed E-state index contributed by atoms with van der Waals surface area (Å²) in [7, 11) is 0. The van der Waals surface area contributed by atoms with Crippen LogP contribution in [0, 0.1) is 10.1 Å². The molecule has 0 saturated carbocycles. The van der Waals surface area contributed by atoms with E-state index in [4.69, 9.17) is 11.6 Å². The molecular weight excluding hydrogens is 240 g/mol. The number of nitro benzene ring substituents is 1. The average molecular weight is 247 g/mol. The lowest BCUT2D eigenvalue weighted by Gasteiger charge is -1.93. The van der Waals surface area contributed by atoms with Crippen molar-refractivity contribution in [3.8, 4) is 0 Å². The van der Waals surface area contributed by atoms with E-state index in [1.807, 2.05) is 12.1 Å². The molecule has 5 heteroatoms. The zero-order valence-corrected chi connectivity index (χ0v) is 9.36. The molecule has 0 radical (unpaired) electrons. The zero-order chi connectivity index (χ0) is 12.0. The highest BCUT2D eigenvalue weighted by atomic mass is 35.5. The van der Waals surface area contributed by atoms with Crippen molar-refractivity contribution < 1.29 is 4.92 Å². The third-order valence-electron chi connectivity index (χ3n) is 2.78. The van der Waals surface area contributed by atoms with E-state index in [0.717, 1.165) is 21.8 Å². The molecule has 0 fully saturated rings. The number of nitrogens with one attached hydrogen (secondary N) is 1. The number of nitrogens with zero attached hydrogens (tertiary/aromatic N) is 1. The van der Waals surface area contributed by atoms with Crippen LogP contribution in [0.1, 0.15) is 0 Å². The standard InChI is InChI=1S/C12H7ClN2O2/c13-10-3-1-2-8-9-6-7(15(16)17)4-5-11(9)14-12(8)10/h1-6,14H. The predicted octanol–water partition coefficient (Wildman–Crippen LogP) is 3.88. The van der Waals surface area contributed by atoms with Crippen LogP contribution >= 0.6 is 11.6 Å². The van der Waals surface area contributed by atoms with Crippen molar-refractivity contribution >= 4 is 39.1 Å². The highest BCUT2D eigenvalue weighted by molar-refractivity contribution is 6.36. The Morgan fingerprint density at radius 3 is 2.76 bits per heavy atom. The molecule has 0 atom stereocenters. The number of hydrogen-bond acceptors (Lipinski definition) is 2. The number of non-ortho nitro benzene ring substituents is 1. The first kappa shape index (κ1) is 10.1. The van der Waals surface area contributed by atoms with E-state index < -0.39 is 4.92 Å². The lowest BCUT2D eigenvalue weighted by Crippen LogP contribution is -1.86. The maximum Gasteiger partial charge on any atom is 0.270 e. The van der Waals surface area contributed by atoms with Crippen molar-refractivity contribution in [2.24, 2.45) is 0 Å². The first-order valence-electron chi connectivity index (χ1n) is 5.01. The summed E-state index contributed by atoms with van der Waals surface area (Å²) in [5.74, 6) is 0. The molecule has 3 rings (SSSR count). The smallest absolute Gasteiger partial charge is 0.270 e. The Kier molecular flexibility index (Phi) is 2.06. The van der Waals surface area contributed by atoms with Gasteiger partial charge in [0.05, 0.1) is 15.5 Å². The van der Waals surface area contributed by atoms with Crippen LogP contribution in [0.5, 0.6) is 0 Å². The Hall–Kier alpha value is -2.07. The monoisotopic (exact) mass is 246 g/mol. The number of aromatic nitrogens is 1. The van der Waals surface area contributed by atoms with Gasteiger partial charge in [-0.25, -0.2) is 0 Å². The minimum Gasteiger partial charge on any atom is -0.353 e. The number of H-pyrrole nitrogens is 1. The van der Waals surface area contributed by atoms with E-state index >= 15 is 0 Å². The number of halogens is 1. The molecule has 1 N–H and O–H groups in total. The second kappa shape index (κ2) is 3.46. The van der Waals surface area contributed by atoms with Crippen LogP contribution in [0.15, 0.2) is 36.4 Å². The topological polar surface area (TPSA) is 58.9 Å². The van der Waals surface area contributed by atoms with E-state index in [1.54, 1.807) is 18.2 Å². The van der Waals surface area contributed by atoms with Gasteiger partial charge in [-0.15, -0.1) is 0 Å². The van der Waals surface area contributed by atoms with Crippen molar-refractivity contribution in [2.75, 3.05) is 0 Å². The minimum atomic E-state index is -0.400. The normalized spacial score (nSPS) is 11.1. The Morgan fingerprint density at radius 1 is 1.18 bits per heavy atom. The number of para-hydroxylation sites is 1. The van der Waals surface area contributed by atoms with Crippen LogP contribution < -0.4 is 0 Å². The van der Waals surface area contributed by atoms with E-state index in [-0.39, 0.29) is 5.69 Å². The van der Waals surface area contributed by atoms with Gasteiger partial charge in [0.15, 0.2) is 0 Å². The lowest BCUT2D eigenvalue weighted by atomic mass is 10.1. The molecule has 0 spiro atoms. The molecule has 0 bridgehead atoms. The van der Waals surface area contributed by atoms with Crippen LogP contribution in [-0.4, -0.2) is 9.91 Å². The second-order valence-electron chi connectivity index (χ2n) is 3.77. The SMILES string of the molecule is O=[N+]([O-])c1ccc2[nH]c3c(Cl)cccc3c2c1. The van der Waals surface area contributed by atoms with Gasteiger partial charge in [0, 0.05) is 28.4 Å². The zero-order valence-electron chi connectivity index (χ0n) is 8.61.